The molecule has 1 aliphatic heterocycles. The topological polar surface area (TPSA) is 59.8 Å². The summed E-state index contributed by atoms with van der Waals surface area (Å²) < 4.78 is 34.7. The molecule has 0 fully saturated rings. The third kappa shape index (κ3) is 3.88. The van der Waals surface area contributed by atoms with Gasteiger partial charge in [0.15, 0.2) is 9.84 Å². The zero-order valence-corrected chi connectivity index (χ0v) is 14.9. The van der Waals surface area contributed by atoms with Crippen molar-refractivity contribution in [2.75, 3.05) is 19.8 Å². The summed E-state index contributed by atoms with van der Waals surface area (Å²) in [5.41, 5.74) is 1.07. The van der Waals surface area contributed by atoms with Gasteiger partial charge in [0, 0.05) is 18.4 Å². The summed E-state index contributed by atoms with van der Waals surface area (Å²) in [6.45, 7) is 3.46. The lowest BCUT2D eigenvalue weighted by molar-refractivity contribution is 0.119. The van der Waals surface area contributed by atoms with Gasteiger partial charge in [0.2, 0.25) is 0 Å². The van der Waals surface area contributed by atoms with Gasteiger partial charge in [-0.1, -0.05) is 0 Å². The van der Waals surface area contributed by atoms with Crippen LogP contribution < -0.4 is 4.74 Å². The number of furan rings is 1. The van der Waals surface area contributed by atoms with Crippen molar-refractivity contribution in [2.45, 2.75) is 24.5 Å². The second-order valence-electron chi connectivity index (χ2n) is 5.78. The first-order chi connectivity index (χ1) is 10.3. The number of fused-ring (bicyclic) bond motifs is 1. The fourth-order valence-electron chi connectivity index (χ4n) is 2.70. The predicted molar refractivity (Wildman–Crippen MR) is 89.9 cm³/mol. The first-order valence-electron chi connectivity index (χ1n) is 7.07. The molecule has 0 aliphatic carbocycles. The van der Waals surface area contributed by atoms with Crippen LogP contribution in [0.5, 0.6) is 5.75 Å². The number of benzene rings is 1. The zero-order valence-electron chi connectivity index (χ0n) is 13.3. The molecule has 23 heavy (non-hydrogen) atoms. The van der Waals surface area contributed by atoms with E-state index < -0.39 is 9.84 Å². The lowest BCUT2D eigenvalue weighted by atomic mass is 10.1. The van der Waals surface area contributed by atoms with Gasteiger partial charge in [-0.3, -0.25) is 4.90 Å². The SMILES string of the molecule is Cc1cc2c(o1)CN(C)CC2Oc1ccc(S(C)(=O)=O)cc1.Cl. The van der Waals surface area contributed by atoms with Crippen molar-refractivity contribution in [3.63, 3.8) is 0 Å². The van der Waals surface area contributed by atoms with Crippen LogP contribution in [0.15, 0.2) is 39.6 Å². The monoisotopic (exact) mass is 357 g/mol. The molecule has 2 aromatic rings. The molecule has 0 bridgehead atoms. The van der Waals surface area contributed by atoms with Crippen LogP contribution in [0.1, 0.15) is 23.2 Å². The molecule has 3 rings (SSSR count). The predicted octanol–water partition coefficient (Wildman–Crippen LogP) is 2.98. The Labute approximate surface area is 142 Å². The second kappa shape index (κ2) is 6.55. The maximum atomic E-state index is 11.5. The normalized spacial score (nSPS) is 18.1. The van der Waals surface area contributed by atoms with Crippen LogP contribution in [0.2, 0.25) is 0 Å². The molecular weight excluding hydrogens is 338 g/mol. The highest BCUT2D eigenvalue weighted by atomic mass is 35.5. The summed E-state index contributed by atoms with van der Waals surface area (Å²) in [6.07, 6.45) is 1.08. The molecule has 1 aliphatic rings. The Morgan fingerprint density at radius 1 is 1.26 bits per heavy atom. The zero-order chi connectivity index (χ0) is 15.9. The Hall–Kier alpha value is -1.50. The minimum Gasteiger partial charge on any atom is -0.484 e. The Bertz CT molecular complexity index is 783. The lowest BCUT2D eigenvalue weighted by Gasteiger charge is -2.29. The molecule has 0 amide bonds. The van der Waals surface area contributed by atoms with Gasteiger partial charge in [-0.25, -0.2) is 8.42 Å². The van der Waals surface area contributed by atoms with Crippen LogP contribution in [0.25, 0.3) is 0 Å². The number of aryl methyl sites for hydroxylation is 1. The van der Waals surface area contributed by atoms with Crippen LogP contribution in [0, 0.1) is 6.92 Å². The Balaban J connectivity index is 0.00000192. The highest BCUT2D eigenvalue weighted by molar-refractivity contribution is 7.90. The number of nitrogens with zero attached hydrogens (tertiary/aromatic N) is 1. The average molecular weight is 358 g/mol. The molecule has 5 nitrogen and oxygen atoms in total. The minimum atomic E-state index is -3.19. The van der Waals surface area contributed by atoms with Gasteiger partial charge >= 0.3 is 0 Å². The van der Waals surface area contributed by atoms with Crippen molar-refractivity contribution in [2.24, 2.45) is 0 Å². The molecule has 2 heterocycles. The van der Waals surface area contributed by atoms with E-state index in [1.807, 2.05) is 20.0 Å². The number of rotatable bonds is 3. The third-order valence-electron chi connectivity index (χ3n) is 3.73. The van der Waals surface area contributed by atoms with E-state index >= 15 is 0 Å². The highest BCUT2D eigenvalue weighted by Crippen LogP contribution is 2.32. The Morgan fingerprint density at radius 2 is 1.91 bits per heavy atom. The van der Waals surface area contributed by atoms with E-state index in [-0.39, 0.29) is 18.5 Å². The number of ether oxygens (including phenoxy) is 1. The van der Waals surface area contributed by atoms with Crippen LogP contribution >= 0.6 is 12.4 Å². The number of halogens is 1. The van der Waals surface area contributed by atoms with Crippen molar-refractivity contribution >= 4 is 22.2 Å². The van der Waals surface area contributed by atoms with Crippen LogP contribution in [-0.2, 0) is 16.4 Å². The summed E-state index contributed by atoms with van der Waals surface area (Å²) >= 11 is 0. The van der Waals surface area contributed by atoms with E-state index in [1.54, 1.807) is 24.3 Å². The fourth-order valence-corrected chi connectivity index (χ4v) is 3.33. The summed E-state index contributed by atoms with van der Waals surface area (Å²) in [5.74, 6) is 2.46. The summed E-state index contributed by atoms with van der Waals surface area (Å²) in [7, 11) is -1.17. The Kier molecular flexibility index (Phi) is 5.08. The van der Waals surface area contributed by atoms with Crippen LogP contribution in [0.4, 0.5) is 0 Å². The van der Waals surface area contributed by atoms with Gasteiger partial charge in [-0.2, -0.15) is 0 Å². The molecule has 1 aromatic carbocycles. The molecule has 1 unspecified atom stereocenters. The molecule has 1 atom stereocenters. The van der Waals surface area contributed by atoms with Crippen molar-refractivity contribution < 1.29 is 17.6 Å². The minimum absolute atomic E-state index is 0. The van der Waals surface area contributed by atoms with Crippen molar-refractivity contribution in [3.8, 4) is 5.75 Å². The average Bonchev–Trinajstić information content (AvgIpc) is 2.78. The van der Waals surface area contributed by atoms with E-state index in [0.717, 1.165) is 30.2 Å². The van der Waals surface area contributed by atoms with E-state index in [4.69, 9.17) is 9.15 Å². The maximum Gasteiger partial charge on any atom is 0.175 e. The Morgan fingerprint density at radius 3 is 2.52 bits per heavy atom. The van der Waals surface area contributed by atoms with Gasteiger partial charge < -0.3 is 9.15 Å². The first kappa shape index (κ1) is 17.8. The van der Waals surface area contributed by atoms with E-state index in [2.05, 4.69) is 4.90 Å². The first-order valence-corrected chi connectivity index (χ1v) is 8.96. The highest BCUT2D eigenvalue weighted by Gasteiger charge is 2.28. The fraction of sp³-hybridized carbons (Fsp3) is 0.375. The molecule has 1 aromatic heterocycles. The molecular formula is C16H20ClNO4S. The number of hydrogen-bond donors (Lipinski definition) is 0. The molecule has 126 valence electrons. The van der Waals surface area contributed by atoms with Gasteiger partial charge in [-0.15, -0.1) is 12.4 Å². The number of hydrogen-bond acceptors (Lipinski definition) is 5. The number of sulfone groups is 1. The molecule has 0 spiro atoms. The number of likely N-dealkylation sites (N-methyl/N-ethyl adjacent to an activating group) is 1. The van der Waals surface area contributed by atoms with E-state index in [9.17, 15) is 8.42 Å². The lowest BCUT2D eigenvalue weighted by Crippen LogP contribution is -2.32. The third-order valence-corrected chi connectivity index (χ3v) is 4.86. The van der Waals surface area contributed by atoms with Gasteiger partial charge in [0.1, 0.15) is 23.4 Å². The molecule has 7 heteroatoms. The van der Waals surface area contributed by atoms with Crippen molar-refractivity contribution in [1.82, 2.24) is 4.90 Å². The van der Waals surface area contributed by atoms with Crippen molar-refractivity contribution in [3.05, 3.63) is 47.4 Å². The molecule has 0 radical (unpaired) electrons. The van der Waals surface area contributed by atoms with Gasteiger partial charge in [0.05, 0.1) is 11.4 Å². The van der Waals surface area contributed by atoms with Crippen LogP contribution in [0.3, 0.4) is 0 Å². The van der Waals surface area contributed by atoms with Gasteiger partial charge in [0.25, 0.3) is 0 Å². The second-order valence-corrected chi connectivity index (χ2v) is 7.80. The van der Waals surface area contributed by atoms with Crippen molar-refractivity contribution in [1.29, 1.82) is 0 Å². The smallest absolute Gasteiger partial charge is 0.175 e. The quantitative estimate of drug-likeness (QED) is 0.845. The van der Waals surface area contributed by atoms with E-state index in [0.29, 0.717) is 10.6 Å². The van der Waals surface area contributed by atoms with Crippen LogP contribution in [-0.4, -0.2) is 33.2 Å². The van der Waals surface area contributed by atoms with Gasteiger partial charge in [-0.05, 0) is 44.3 Å². The molecule has 0 saturated carbocycles. The largest absolute Gasteiger partial charge is 0.484 e. The molecule has 0 saturated heterocycles. The standard InChI is InChI=1S/C16H19NO4S.ClH/c1-11-8-14-15(20-11)9-17(2)10-16(14)21-12-4-6-13(7-5-12)22(3,18)19;/h4-8,16H,9-10H2,1-3H3;1H. The summed E-state index contributed by atoms with van der Waals surface area (Å²) in [5, 5.41) is 0. The molecule has 0 N–H and O–H groups in total. The van der Waals surface area contributed by atoms with E-state index in [1.165, 1.54) is 6.26 Å². The summed E-state index contributed by atoms with van der Waals surface area (Å²) in [4.78, 5) is 2.43. The maximum absolute atomic E-state index is 11.5. The summed E-state index contributed by atoms with van der Waals surface area (Å²) in [6, 6.07) is 8.53.